The standard InChI is InChI=1S/C12H16O3/c1-2-4-9(8-12(14)15)10-5-3-6-11(13)7-10/h3,5-7,9,13H,2,4,8H2,1H3,(H,14,15)/t9-/m1/s1. The maximum atomic E-state index is 10.7. The summed E-state index contributed by atoms with van der Waals surface area (Å²) in [5.41, 5.74) is 0.902. The van der Waals surface area contributed by atoms with Crippen LogP contribution in [0.3, 0.4) is 0 Å². The molecule has 2 N–H and O–H groups in total. The van der Waals surface area contributed by atoms with Gasteiger partial charge in [-0.05, 0) is 30.0 Å². The Labute approximate surface area is 89.4 Å². The lowest BCUT2D eigenvalue weighted by atomic mass is 9.91. The van der Waals surface area contributed by atoms with Gasteiger partial charge in [0.15, 0.2) is 0 Å². The Balaban J connectivity index is 2.83. The molecule has 82 valence electrons. The fourth-order valence-electron chi connectivity index (χ4n) is 1.72. The van der Waals surface area contributed by atoms with E-state index in [9.17, 15) is 9.90 Å². The zero-order valence-electron chi connectivity index (χ0n) is 8.81. The fraction of sp³-hybridized carbons (Fsp3) is 0.417. The van der Waals surface area contributed by atoms with Crippen molar-refractivity contribution in [3.63, 3.8) is 0 Å². The number of phenols is 1. The largest absolute Gasteiger partial charge is 0.508 e. The molecule has 0 fully saturated rings. The number of hydrogen-bond acceptors (Lipinski definition) is 2. The molecular weight excluding hydrogens is 192 g/mol. The Hall–Kier alpha value is -1.51. The van der Waals surface area contributed by atoms with Gasteiger partial charge < -0.3 is 10.2 Å². The summed E-state index contributed by atoms with van der Waals surface area (Å²) < 4.78 is 0. The van der Waals surface area contributed by atoms with Crippen molar-refractivity contribution in [2.24, 2.45) is 0 Å². The van der Waals surface area contributed by atoms with E-state index < -0.39 is 5.97 Å². The van der Waals surface area contributed by atoms with Crippen molar-refractivity contribution >= 4 is 5.97 Å². The molecule has 0 aromatic heterocycles. The molecule has 0 aliphatic heterocycles. The number of aromatic hydroxyl groups is 1. The molecule has 0 aliphatic carbocycles. The van der Waals surface area contributed by atoms with Crippen LogP contribution in [-0.2, 0) is 4.79 Å². The van der Waals surface area contributed by atoms with Crippen LogP contribution in [0.4, 0.5) is 0 Å². The van der Waals surface area contributed by atoms with Crippen molar-refractivity contribution < 1.29 is 15.0 Å². The van der Waals surface area contributed by atoms with E-state index in [1.54, 1.807) is 18.2 Å². The second-order valence-electron chi connectivity index (χ2n) is 3.68. The molecule has 1 atom stereocenters. The maximum absolute atomic E-state index is 10.7. The molecule has 0 spiro atoms. The lowest BCUT2D eigenvalue weighted by Gasteiger charge is -2.14. The molecule has 0 radical (unpaired) electrons. The van der Waals surface area contributed by atoms with Crippen molar-refractivity contribution in [2.75, 3.05) is 0 Å². The zero-order chi connectivity index (χ0) is 11.3. The first-order chi connectivity index (χ1) is 7.13. The Kier molecular flexibility index (Phi) is 4.16. The van der Waals surface area contributed by atoms with Gasteiger partial charge in [-0.1, -0.05) is 25.5 Å². The van der Waals surface area contributed by atoms with Gasteiger partial charge in [-0.2, -0.15) is 0 Å². The number of hydrogen-bond donors (Lipinski definition) is 2. The Morgan fingerprint density at radius 1 is 1.47 bits per heavy atom. The van der Waals surface area contributed by atoms with E-state index in [0.29, 0.717) is 0 Å². The van der Waals surface area contributed by atoms with Crippen LogP contribution in [-0.4, -0.2) is 16.2 Å². The minimum absolute atomic E-state index is 0.000370. The van der Waals surface area contributed by atoms with Gasteiger partial charge in [0.05, 0.1) is 6.42 Å². The van der Waals surface area contributed by atoms with Gasteiger partial charge in [0.25, 0.3) is 0 Å². The predicted octanol–water partition coefficient (Wildman–Crippen LogP) is 2.75. The molecule has 0 amide bonds. The summed E-state index contributed by atoms with van der Waals surface area (Å²) in [5.74, 6) is -0.601. The van der Waals surface area contributed by atoms with Crippen LogP contribution in [0.15, 0.2) is 24.3 Å². The number of carboxylic acid groups (broad SMARTS) is 1. The lowest BCUT2D eigenvalue weighted by molar-refractivity contribution is -0.137. The highest BCUT2D eigenvalue weighted by Crippen LogP contribution is 2.27. The quantitative estimate of drug-likeness (QED) is 0.782. The van der Waals surface area contributed by atoms with Gasteiger partial charge in [0.2, 0.25) is 0 Å². The van der Waals surface area contributed by atoms with Crippen molar-refractivity contribution in [2.45, 2.75) is 32.1 Å². The number of phenolic OH excluding ortho intramolecular Hbond substituents is 1. The van der Waals surface area contributed by atoms with Gasteiger partial charge in [0, 0.05) is 0 Å². The normalized spacial score (nSPS) is 12.3. The van der Waals surface area contributed by atoms with E-state index in [0.717, 1.165) is 18.4 Å². The first kappa shape index (κ1) is 11.6. The number of carbonyl (C=O) groups is 1. The first-order valence-electron chi connectivity index (χ1n) is 5.14. The third-order valence-corrected chi connectivity index (χ3v) is 2.40. The van der Waals surface area contributed by atoms with Crippen LogP contribution < -0.4 is 0 Å². The summed E-state index contributed by atoms with van der Waals surface area (Å²) in [5, 5.41) is 18.1. The van der Waals surface area contributed by atoms with Crippen LogP contribution in [0.5, 0.6) is 5.75 Å². The maximum Gasteiger partial charge on any atom is 0.303 e. The molecule has 15 heavy (non-hydrogen) atoms. The molecule has 1 aromatic rings. The molecule has 0 saturated heterocycles. The van der Waals surface area contributed by atoms with Crippen molar-refractivity contribution in [1.29, 1.82) is 0 Å². The third-order valence-electron chi connectivity index (χ3n) is 2.40. The smallest absolute Gasteiger partial charge is 0.303 e. The highest BCUT2D eigenvalue weighted by molar-refractivity contribution is 5.68. The SMILES string of the molecule is CCC[C@H](CC(=O)O)c1cccc(O)c1. The van der Waals surface area contributed by atoms with Crippen molar-refractivity contribution in [3.8, 4) is 5.75 Å². The minimum Gasteiger partial charge on any atom is -0.508 e. The van der Waals surface area contributed by atoms with Crippen LogP contribution in [0.1, 0.15) is 37.7 Å². The predicted molar refractivity (Wildman–Crippen MR) is 58.0 cm³/mol. The molecular formula is C12H16O3. The highest BCUT2D eigenvalue weighted by atomic mass is 16.4. The molecule has 0 aliphatic rings. The average molecular weight is 208 g/mol. The van der Waals surface area contributed by atoms with E-state index in [1.165, 1.54) is 0 Å². The molecule has 3 nitrogen and oxygen atoms in total. The minimum atomic E-state index is -0.795. The second-order valence-corrected chi connectivity index (χ2v) is 3.68. The monoisotopic (exact) mass is 208 g/mol. The average Bonchev–Trinajstić information content (AvgIpc) is 2.16. The number of rotatable bonds is 5. The lowest BCUT2D eigenvalue weighted by Crippen LogP contribution is -2.06. The van der Waals surface area contributed by atoms with E-state index in [2.05, 4.69) is 0 Å². The Morgan fingerprint density at radius 2 is 2.20 bits per heavy atom. The van der Waals surface area contributed by atoms with Crippen LogP contribution in [0.25, 0.3) is 0 Å². The zero-order valence-corrected chi connectivity index (χ0v) is 8.81. The number of aliphatic carboxylic acids is 1. The summed E-state index contributed by atoms with van der Waals surface area (Å²) in [7, 11) is 0. The van der Waals surface area contributed by atoms with Crippen molar-refractivity contribution in [1.82, 2.24) is 0 Å². The molecule has 0 saturated carbocycles. The van der Waals surface area contributed by atoms with Crippen LogP contribution in [0.2, 0.25) is 0 Å². The Bertz CT molecular complexity index is 333. The van der Waals surface area contributed by atoms with E-state index in [-0.39, 0.29) is 18.1 Å². The molecule has 1 aromatic carbocycles. The number of carboxylic acids is 1. The van der Waals surface area contributed by atoms with E-state index in [1.807, 2.05) is 13.0 Å². The second kappa shape index (κ2) is 5.39. The summed E-state index contributed by atoms with van der Waals surface area (Å²) in [6.07, 6.45) is 1.89. The summed E-state index contributed by atoms with van der Waals surface area (Å²) in [4.78, 5) is 10.7. The molecule has 3 heteroatoms. The topological polar surface area (TPSA) is 57.5 Å². The summed E-state index contributed by atoms with van der Waals surface area (Å²) in [6.45, 7) is 2.03. The molecule has 0 bridgehead atoms. The molecule has 1 rings (SSSR count). The fourth-order valence-corrected chi connectivity index (χ4v) is 1.72. The third kappa shape index (κ3) is 3.62. The van der Waals surface area contributed by atoms with Gasteiger partial charge >= 0.3 is 5.97 Å². The van der Waals surface area contributed by atoms with Crippen LogP contribution >= 0.6 is 0 Å². The van der Waals surface area contributed by atoms with Gasteiger partial charge in [-0.15, -0.1) is 0 Å². The van der Waals surface area contributed by atoms with E-state index >= 15 is 0 Å². The van der Waals surface area contributed by atoms with Crippen molar-refractivity contribution in [3.05, 3.63) is 29.8 Å². The molecule has 0 heterocycles. The van der Waals surface area contributed by atoms with Crippen LogP contribution in [0, 0.1) is 0 Å². The Morgan fingerprint density at radius 3 is 2.73 bits per heavy atom. The van der Waals surface area contributed by atoms with Gasteiger partial charge in [-0.3, -0.25) is 4.79 Å². The summed E-state index contributed by atoms with van der Waals surface area (Å²) >= 11 is 0. The highest BCUT2D eigenvalue weighted by Gasteiger charge is 2.14. The number of benzene rings is 1. The molecule has 0 unspecified atom stereocenters. The first-order valence-corrected chi connectivity index (χ1v) is 5.14. The summed E-state index contributed by atoms with van der Waals surface area (Å²) in [6, 6.07) is 6.84. The van der Waals surface area contributed by atoms with Gasteiger partial charge in [-0.25, -0.2) is 0 Å². The van der Waals surface area contributed by atoms with E-state index in [4.69, 9.17) is 5.11 Å². The van der Waals surface area contributed by atoms with Gasteiger partial charge in [0.1, 0.15) is 5.75 Å².